The predicted octanol–water partition coefficient (Wildman–Crippen LogP) is 3.76. The van der Waals surface area contributed by atoms with Crippen molar-refractivity contribution in [1.82, 2.24) is 5.32 Å². The molecule has 0 aliphatic rings. The van der Waals surface area contributed by atoms with Crippen molar-refractivity contribution in [2.24, 2.45) is 0 Å². The van der Waals surface area contributed by atoms with E-state index in [0.717, 1.165) is 28.1 Å². The van der Waals surface area contributed by atoms with Crippen molar-refractivity contribution in [3.63, 3.8) is 0 Å². The van der Waals surface area contributed by atoms with Gasteiger partial charge in [-0.15, -0.1) is 0 Å². The Bertz CT molecular complexity index is 572. The zero-order valence-electron chi connectivity index (χ0n) is 11.7. The maximum Gasteiger partial charge on any atom is 0.120 e. The van der Waals surface area contributed by atoms with Crippen LogP contribution in [0.5, 0.6) is 11.5 Å². The summed E-state index contributed by atoms with van der Waals surface area (Å²) in [5.74, 6) is 1.71. The van der Waals surface area contributed by atoms with Crippen LogP contribution in [0.2, 0.25) is 0 Å². The van der Waals surface area contributed by atoms with E-state index in [1.54, 1.807) is 7.11 Å². The zero-order valence-corrected chi connectivity index (χ0v) is 13.2. The van der Waals surface area contributed by atoms with Gasteiger partial charge in [-0.2, -0.15) is 0 Å². The molecule has 0 saturated heterocycles. The Labute approximate surface area is 128 Å². The van der Waals surface area contributed by atoms with E-state index in [4.69, 9.17) is 9.47 Å². The lowest BCUT2D eigenvalue weighted by Crippen LogP contribution is -2.06. The van der Waals surface area contributed by atoms with Gasteiger partial charge in [0.25, 0.3) is 0 Å². The minimum atomic E-state index is 0.526. The van der Waals surface area contributed by atoms with Crippen molar-refractivity contribution < 1.29 is 9.47 Å². The molecule has 0 spiro atoms. The zero-order chi connectivity index (χ0) is 14.4. The first-order valence-corrected chi connectivity index (χ1v) is 7.21. The summed E-state index contributed by atoms with van der Waals surface area (Å²) in [6.45, 7) is 1.33. The molecule has 20 heavy (non-hydrogen) atoms. The van der Waals surface area contributed by atoms with Gasteiger partial charge in [0.1, 0.15) is 18.1 Å². The van der Waals surface area contributed by atoms with Crippen LogP contribution >= 0.6 is 15.9 Å². The SMILES string of the molecule is CNCc1cc(OCc2cccc(OC)c2)ccc1Br. The van der Waals surface area contributed by atoms with Crippen molar-refractivity contribution >= 4 is 15.9 Å². The third kappa shape index (κ3) is 3.99. The summed E-state index contributed by atoms with van der Waals surface area (Å²) in [4.78, 5) is 0. The molecule has 1 N–H and O–H groups in total. The van der Waals surface area contributed by atoms with E-state index in [-0.39, 0.29) is 0 Å². The number of nitrogens with one attached hydrogen (secondary N) is 1. The Morgan fingerprint density at radius 2 is 1.95 bits per heavy atom. The molecule has 106 valence electrons. The number of methoxy groups -OCH3 is 1. The molecular formula is C16H18BrNO2. The second-order valence-electron chi connectivity index (χ2n) is 4.42. The lowest BCUT2D eigenvalue weighted by atomic mass is 10.2. The average molecular weight is 336 g/mol. The van der Waals surface area contributed by atoms with Crippen LogP contribution in [0.3, 0.4) is 0 Å². The standard InChI is InChI=1S/C16H18BrNO2/c1-18-10-13-9-15(6-7-16(13)17)20-11-12-4-3-5-14(8-12)19-2/h3-9,18H,10-11H2,1-2H3. The molecule has 0 unspecified atom stereocenters. The van der Waals surface area contributed by atoms with Gasteiger partial charge in [-0.25, -0.2) is 0 Å². The van der Waals surface area contributed by atoms with Crippen LogP contribution in [-0.2, 0) is 13.2 Å². The van der Waals surface area contributed by atoms with Crippen LogP contribution in [0.15, 0.2) is 46.9 Å². The number of benzene rings is 2. The molecule has 2 rings (SSSR count). The van der Waals surface area contributed by atoms with Crippen LogP contribution < -0.4 is 14.8 Å². The van der Waals surface area contributed by atoms with E-state index >= 15 is 0 Å². The summed E-state index contributed by atoms with van der Waals surface area (Å²) in [5.41, 5.74) is 2.26. The summed E-state index contributed by atoms with van der Waals surface area (Å²) in [6, 6.07) is 13.9. The molecule has 0 bridgehead atoms. The van der Waals surface area contributed by atoms with Crippen molar-refractivity contribution in [3.05, 3.63) is 58.1 Å². The van der Waals surface area contributed by atoms with Gasteiger partial charge in [-0.05, 0) is 48.5 Å². The molecule has 0 saturated carbocycles. The molecule has 0 heterocycles. The highest BCUT2D eigenvalue weighted by Crippen LogP contribution is 2.23. The molecular weight excluding hydrogens is 318 g/mol. The third-order valence-electron chi connectivity index (χ3n) is 2.92. The van der Waals surface area contributed by atoms with Gasteiger partial charge in [0, 0.05) is 11.0 Å². The fourth-order valence-electron chi connectivity index (χ4n) is 1.90. The van der Waals surface area contributed by atoms with Crippen LogP contribution in [-0.4, -0.2) is 14.2 Å². The molecule has 4 heteroatoms. The normalized spacial score (nSPS) is 10.3. The predicted molar refractivity (Wildman–Crippen MR) is 84.2 cm³/mol. The Balaban J connectivity index is 2.04. The first-order valence-electron chi connectivity index (χ1n) is 6.41. The Morgan fingerprint density at radius 3 is 2.70 bits per heavy atom. The molecule has 0 fully saturated rings. The van der Waals surface area contributed by atoms with E-state index in [1.807, 2.05) is 49.5 Å². The Morgan fingerprint density at radius 1 is 1.10 bits per heavy atom. The van der Waals surface area contributed by atoms with E-state index in [2.05, 4.69) is 21.2 Å². The van der Waals surface area contributed by atoms with Gasteiger partial charge >= 0.3 is 0 Å². The quantitative estimate of drug-likeness (QED) is 0.871. The van der Waals surface area contributed by atoms with Gasteiger partial charge in [0.2, 0.25) is 0 Å². The lowest BCUT2D eigenvalue weighted by molar-refractivity contribution is 0.305. The highest BCUT2D eigenvalue weighted by Gasteiger charge is 2.03. The average Bonchev–Trinajstić information content (AvgIpc) is 2.48. The fourth-order valence-corrected chi connectivity index (χ4v) is 2.28. The molecule has 2 aromatic carbocycles. The Hall–Kier alpha value is -1.52. The Kier molecular flexibility index (Phi) is 5.44. The lowest BCUT2D eigenvalue weighted by Gasteiger charge is -2.10. The maximum absolute atomic E-state index is 5.83. The molecule has 3 nitrogen and oxygen atoms in total. The van der Waals surface area contributed by atoms with Crippen LogP contribution in [0.25, 0.3) is 0 Å². The third-order valence-corrected chi connectivity index (χ3v) is 3.70. The van der Waals surface area contributed by atoms with Gasteiger partial charge in [-0.3, -0.25) is 0 Å². The molecule has 0 atom stereocenters. The van der Waals surface area contributed by atoms with Crippen molar-refractivity contribution in [1.29, 1.82) is 0 Å². The molecule has 0 aliphatic heterocycles. The number of hydrogen-bond donors (Lipinski definition) is 1. The maximum atomic E-state index is 5.83. The van der Waals surface area contributed by atoms with Crippen molar-refractivity contribution in [2.75, 3.05) is 14.2 Å². The number of halogens is 1. The smallest absolute Gasteiger partial charge is 0.120 e. The van der Waals surface area contributed by atoms with Gasteiger partial charge < -0.3 is 14.8 Å². The van der Waals surface area contributed by atoms with Crippen LogP contribution in [0.1, 0.15) is 11.1 Å². The van der Waals surface area contributed by atoms with Crippen molar-refractivity contribution in [3.8, 4) is 11.5 Å². The second kappa shape index (κ2) is 7.31. The summed E-state index contributed by atoms with van der Waals surface area (Å²) in [7, 11) is 3.59. The van der Waals surface area contributed by atoms with Crippen LogP contribution in [0.4, 0.5) is 0 Å². The monoisotopic (exact) mass is 335 g/mol. The second-order valence-corrected chi connectivity index (χ2v) is 5.28. The molecule has 0 aromatic heterocycles. The van der Waals surface area contributed by atoms with Crippen molar-refractivity contribution in [2.45, 2.75) is 13.2 Å². The van der Waals surface area contributed by atoms with Gasteiger partial charge in [0.05, 0.1) is 7.11 Å². The molecule has 0 aliphatic carbocycles. The summed E-state index contributed by atoms with van der Waals surface area (Å²) >= 11 is 3.53. The summed E-state index contributed by atoms with van der Waals surface area (Å²) in [5, 5.41) is 3.14. The fraction of sp³-hybridized carbons (Fsp3) is 0.250. The minimum absolute atomic E-state index is 0.526. The topological polar surface area (TPSA) is 30.5 Å². The number of ether oxygens (including phenoxy) is 2. The molecule has 0 radical (unpaired) electrons. The first-order chi connectivity index (χ1) is 9.72. The molecule has 2 aromatic rings. The highest BCUT2D eigenvalue weighted by molar-refractivity contribution is 9.10. The van der Waals surface area contributed by atoms with Crippen LogP contribution in [0, 0.1) is 0 Å². The molecule has 0 amide bonds. The largest absolute Gasteiger partial charge is 0.497 e. The van der Waals surface area contributed by atoms with E-state index in [9.17, 15) is 0 Å². The minimum Gasteiger partial charge on any atom is -0.497 e. The summed E-state index contributed by atoms with van der Waals surface area (Å²) < 4.78 is 12.1. The van der Waals surface area contributed by atoms with E-state index < -0.39 is 0 Å². The van der Waals surface area contributed by atoms with E-state index in [0.29, 0.717) is 6.61 Å². The van der Waals surface area contributed by atoms with Gasteiger partial charge in [-0.1, -0.05) is 28.1 Å². The number of hydrogen-bond acceptors (Lipinski definition) is 3. The summed E-state index contributed by atoms with van der Waals surface area (Å²) in [6.07, 6.45) is 0. The number of rotatable bonds is 6. The highest BCUT2D eigenvalue weighted by atomic mass is 79.9. The van der Waals surface area contributed by atoms with E-state index in [1.165, 1.54) is 5.56 Å². The first kappa shape index (κ1) is 14.9. The van der Waals surface area contributed by atoms with Gasteiger partial charge in [0.15, 0.2) is 0 Å².